The summed E-state index contributed by atoms with van der Waals surface area (Å²) in [6, 6.07) is 3.44. The van der Waals surface area contributed by atoms with Gasteiger partial charge in [-0.2, -0.15) is 0 Å². The predicted octanol–water partition coefficient (Wildman–Crippen LogP) is -0.736. The van der Waals surface area contributed by atoms with Crippen LogP contribution in [-0.4, -0.2) is 99.8 Å². The number of oxime groups is 1. The van der Waals surface area contributed by atoms with Crippen LogP contribution in [0.1, 0.15) is 5.69 Å². The number of carboxylic acid groups (broad SMARTS) is 1. The summed E-state index contributed by atoms with van der Waals surface area (Å²) in [5, 5.41) is 38.6. The summed E-state index contributed by atoms with van der Waals surface area (Å²) in [4.78, 5) is 54.0. The number of carboxylic acids is 1. The lowest BCUT2D eigenvalue weighted by atomic mass is 9.89. The summed E-state index contributed by atoms with van der Waals surface area (Å²) in [5.41, 5.74) is -1.72. The minimum absolute atomic E-state index is 0.0208. The number of hydrogen-bond acceptors (Lipinski definition) is 12. The van der Waals surface area contributed by atoms with E-state index in [9.17, 15) is 29.5 Å². The number of carbonyl (C=O) groups excluding carboxylic acids is 3. The SMILES string of the molecule is C=CCn1nnnc1SCC1(C(=O)O)CS[C@@H]2C(NC(=O)C(=NO)c3cccc(NC=O)n3)C(=O)N2C1. The van der Waals surface area contributed by atoms with E-state index in [0.29, 0.717) is 18.1 Å². The monoisotopic (exact) mass is 547 g/mol. The number of amides is 3. The predicted molar refractivity (Wildman–Crippen MR) is 131 cm³/mol. The van der Waals surface area contributed by atoms with Crippen molar-refractivity contribution in [3.05, 3.63) is 36.5 Å². The van der Waals surface area contributed by atoms with Crippen molar-refractivity contribution in [2.24, 2.45) is 10.6 Å². The van der Waals surface area contributed by atoms with Crippen molar-refractivity contribution in [1.82, 2.24) is 35.4 Å². The highest BCUT2D eigenvalue weighted by Gasteiger charge is 2.57. The van der Waals surface area contributed by atoms with Crippen molar-refractivity contribution in [1.29, 1.82) is 0 Å². The second-order valence-corrected chi connectivity index (χ2v) is 10.1. The third-order valence-electron chi connectivity index (χ3n) is 5.68. The zero-order valence-corrected chi connectivity index (χ0v) is 20.7. The number of hydrogen-bond donors (Lipinski definition) is 4. The maximum atomic E-state index is 12.9. The number of nitrogens with one attached hydrogen (secondary N) is 2. The number of tetrazole rings is 1. The molecule has 3 amide bonds. The maximum absolute atomic E-state index is 12.9. The van der Waals surface area contributed by atoms with E-state index in [1.54, 1.807) is 6.08 Å². The zero-order valence-electron chi connectivity index (χ0n) is 19.1. The van der Waals surface area contributed by atoms with Gasteiger partial charge in [-0.1, -0.05) is 29.1 Å². The Bertz CT molecular complexity index is 1270. The van der Waals surface area contributed by atoms with E-state index in [1.165, 1.54) is 51.3 Å². The van der Waals surface area contributed by atoms with Crippen LogP contribution in [0.2, 0.25) is 0 Å². The fourth-order valence-electron chi connectivity index (χ4n) is 3.78. The largest absolute Gasteiger partial charge is 0.481 e. The van der Waals surface area contributed by atoms with Crippen molar-refractivity contribution in [3.63, 3.8) is 0 Å². The van der Waals surface area contributed by atoms with Crippen LogP contribution in [0, 0.1) is 5.41 Å². The van der Waals surface area contributed by atoms with Gasteiger partial charge in [0.2, 0.25) is 17.5 Å². The molecule has 2 unspecified atom stereocenters. The zero-order chi connectivity index (χ0) is 26.6. The summed E-state index contributed by atoms with van der Waals surface area (Å²) in [6.45, 7) is 3.95. The lowest BCUT2D eigenvalue weighted by molar-refractivity contribution is -0.157. The molecule has 2 aliphatic heterocycles. The lowest BCUT2D eigenvalue weighted by Crippen LogP contribution is -2.74. The number of thioether (sulfide) groups is 2. The Labute approximate surface area is 217 Å². The van der Waals surface area contributed by atoms with Gasteiger partial charge in [-0.25, -0.2) is 9.67 Å². The van der Waals surface area contributed by atoms with Gasteiger partial charge in [0.15, 0.2) is 5.71 Å². The number of nitrogens with zero attached hydrogens (tertiary/aromatic N) is 7. The Hall–Kier alpha value is -3.99. The molecule has 4 rings (SSSR count). The molecule has 4 heterocycles. The van der Waals surface area contributed by atoms with Crippen LogP contribution in [0.3, 0.4) is 0 Å². The van der Waals surface area contributed by atoms with Gasteiger partial charge in [0.05, 0.1) is 6.54 Å². The molecule has 0 saturated carbocycles. The molecule has 2 aromatic rings. The number of β-lactam (4-membered cyclic amide) rings is 1. The summed E-state index contributed by atoms with van der Waals surface area (Å²) in [5.74, 6) is -1.93. The molecule has 3 atom stereocenters. The lowest BCUT2D eigenvalue weighted by Gasteiger charge is -2.53. The smallest absolute Gasteiger partial charge is 0.313 e. The molecule has 0 aromatic carbocycles. The van der Waals surface area contributed by atoms with Crippen molar-refractivity contribution < 1.29 is 29.5 Å². The molecule has 2 aromatic heterocycles. The van der Waals surface area contributed by atoms with Crippen LogP contribution < -0.4 is 10.6 Å². The third kappa shape index (κ3) is 5.12. The van der Waals surface area contributed by atoms with Gasteiger partial charge in [0.25, 0.3) is 5.91 Å². The Balaban J connectivity index is 1.42. The first-order valence-corrected chi connectivity index (χ1v) is 12.7. The number of fused-ring (bicyclic) bond motifs is 1. The van der Waals surface area contributed by atoms with Crippen molar-refractivity contribution in [3.8, 4) is 0 Å². The highest BCUT2D eigenvalue weighted by Crippen LogP contribution is 2.44. The van der Waals surface area contributed by atoms with Crippen molar-refractivity contribution >= 4 is 59.2 Å². The molecule has 2 saturated heterocycles. The molecular weight excluding hydrogens is 526 g/mol. The van der Waals surface area contributed by atoms with E-state index in [1.807, 2.05) is 0 Å². The normalized spacial score (nSPS) is 23.0. The van der Waals surface area contributed by atoms with Gasteiger partial charge in [-0.05, 0) is 22.6 Å². The number of pyridine rings is 1. The number of rotatable bonds is 11. The standard InChI is InChI=1S/C20H21N9O6S2/c1-2-6-29-19(24-26-27-29)37-9-20(18(33)34)7-28-16(32)14(17(28)36-8-20)23-15(31)13(25-35)11-4-3-5-12(22-11)21-10-30/h2-5,10,14,17,35H,1,6-9H2,(H,23,31)(H,33,34)(H,21,22,30)/t14?,17-,20?/m1/s1. The summed E-state index contributed by atoms with van der Waals surface area (Å²) in [6.07, 6.45) is 2.02. The maximum Gasteiger partial charge on any atom is 0.313 e. The van der Waals surface area contributed by atoms with Crippen molar-refractivity contribution in [2.75, 3.05) is 23.4 Å². The average Bonchev–Trinajstić information content (AvgIpc) is 3.34. The molecule has 17 heteroatoms. The van der Waals surface area contributed by atoms with Crippen LogP contribution in [0.15, 0.2) is 41.2 Å². The summed E-state index contributed by atoms with van der Waals surface area (Å²) in [7, 11) is 0. The van der Waals surface area contributed by atoms with E-state index < -0.39 is 40.3 Å². The van der Waals surface area contributed by atoms with Gasteiger partial charge < -0.3 is 25.8 Å². The summed E-state index contributed by atoms with van der Waals surface area (Å²) < 4.78 is 1.49. The second-order valence-electron chi connectivity index (χ2n) is 8.04. The van der Waals surface area contributed by atoms with Crippen LogP contribution >= 0.6 is 23.5 Å². The Morgan fingerprint density at radius 1 is 1.41 bits per heavy atom. The molecule has 4 N–H and O–H groups in total. The van der Waals surface area contributed by atoms with Gasteiger partial charge in [0, 0.05) is 18.1 Å². The molecule has 37 heavy (non-hydrogen) atoms. The molecular formula is C20H21N9O6S2. The van der Waals surface area contributed by atoms with Gasteiger partial charge in [-0.15, -0.1) is 23.4 Å². The topological polar surface area (TPSA) is 205 Å². The van der Waals surface area contributed by atoms with Crippen LogP contribution in [0.5, 0.6) is 0 Å². The molecule has 0 radical (unpaired) electrons. The van der Waals surface area contributed by atoms with Crippen molar-refractivity contribution in [2.45, 2.75) is 23.1 Å². The second kappa shape index (κ2) is 11.0. The third-order valence-corrected chi connectivity index (χ3v) is 8.51. The number of aromatic nitrogens is 5. The molecule has 0 bridgehead atoms. The molecule has 15 nitrogen and oxygen atoms in total. The first-order chi connectivity index (χ1) is 17.8. The van der Waals surface area contributed by atoms with Crippen LogP contribution in [-0.2, 0) is 25.7 Å². The Morgan fingerprint density at radius 2 is 2.22 bits per heavy atom. The minimum atomic E-state index is -1.25. The summed E-state index contributed by atoms with van der Waals surface area (Å²) >= 11 is 2.41. The highest BCUT2D eigenvalue weighted by molar-refractivity contribution is 8.00. The van der Waals surface area contributed by atoms with Gasteiger partial charge in [0.1, 0.15) is 28.3 Å². The first-order valence-electron chi connectivity index (χ1n) is 10.7. The van der Waals surface area contributed by atoms with Crippen LogP contribution in [0.25, 0.3) is 0 Å². The number of anilines is 1. The minimum Gasteiger partial charge on any atom is -0.481 e. The Morgan fingerprint density at radius 3 is 2.92 bits per heavy atom. The first kappa shape index (κ1) is 26.1. The molecule has 0 spiro atoms. The number of carbonyl (C=O) groups is 4. The Kier molecular flexibility index (Phi) is 7.72. The fourth-order valence-corrected chi connectivity index (χ4v) is 6.52. The molecule has 2 aliphatic rings. The fraction of sp³-hybridized carbons (Fsp3) is 0.350. The van der Waals surface area contributed by atoms with Crippen LogP contribution in [0.4, 0.5) is 5.82 Å². The molecule has 2 fully saturated rings. The number of allylic oxidation sites excluding steroid dienone is 1. The highest BCUT2D eigenvalue weighted by atomic mass is 32.2. The van der Waals surface area contributed by atoms with E-state index >= 15 is 0 Å². The van der Waals surface area contributed by atoms with Gasteiger partial charge in [-0.3, -0.25) is 19.2 Å². The van der Waals surface area contributed by atoms with E-state index in [2.05, 4.69) is 42.9 Å². The quantitative estimate of drug-likeness (QED) is 0.0522. The van der Waals surface area contributed by atoms with Gasteiger partial charge >= 0.3 is 5.97 Å². The van der Waals surface area contributed by atoms with E-state index in [4.69, 9.17) is 0 Å². The molecule has 0 aliphatic carbocycles. The van der Waals surface area contributed by atoms with E-state index in [-0.39, 0.29) is 29.6 Å². The average molecular weight is 548 g/mol. The molecule has 194 valence electrons. The van der Waals surface area contributed by atoms with E-state index in [0.717, 1.165) is 0 Å². The number of aliphatic carboxylic acids is 1.